The summed E-state index contributed by atoms with van der Waals surface area (Å²) in [6, 6.07) is 154. The first-order chi connectivity index (χ1) is 59.5. The van der Waals surface area contributed by atoms with Gasteiger partial charge in [0.05, 0.1) is 44.8 Å². The van der Waals surface area contributed by atoms with Crippen LogP contribution in [-0.2, 0) is 0 Å². The van der Waals surface area contributed by atoms with Gasteiger partial charge in [0.15, 0.2) is 0 Å². The van der Waals surface area contributed by atoms with Gasteiger partial charge in [0.25, 0.3) is 0 Å². The minimum absolute atomic E-state index is 0.932. The maximum atomic E-state index is 5.63. The Kier molecular flexibility index (Phi) is 16.0. The third-order valence-electron chi connectivity index (χ3n) is 25.0. The van der Waals surface area contributed by atoms with Crippen molar-refractivity contribution in [1.29, 1.82) is 0 Å². The van der Waals surface area contributed by atoms with Crippen molar-refractivity contribution in [3.8, 4) is 89.5 Å². The summed E-state index contributed by atoms with van der Waals surface area (Å²) in [6.07, 6.45) is 0. The molecule has 4 heterocycles. The fraction of sp³-hybridized carbons (Fsp3) is 0. The molecule has 0 unspecified atom stereocenters. The minimum Gasteiger partial charge on any atom is -0.248 e. The zero-order chi connectivity index (χ0) is 78.9. The zero-order valence-corrected chi connectivity index (χ0v) is 65.2. The summed E-state index contributed by atoms with van der Waals surface area (Å²) in [6.45, 7) is 0. The van der Waals surface area contributed by atoms with Gasteiger partial charge in [-0.3, -0.25) is 0 Å². The molecule has 0 aliphatic heterocycles. The molecule has 120 heavy (non-hydrogen) atoms. The molecule has 0 saturated carbocycles. The average molecular weight is 1520 g/mol. The van der Waals surface area contributed by atoms with Crippen LogP contribution in [0.2, 0.25) is 0 Å². The van der Waals surface area contributed by atoms with Gasteiger partial charge >= 0.3 is 0 Å². The van der Waals surface area contributed by atoms with Crippen LogP contribution in [0.15, 0.2) is 425 Å². The van der Waals surface area contributed by atoms with Crippen molar-refractivity contribution in [2.24, 2.45) is 0 Å². The molecule has 0 aliphatic carbocycles. The molecule has 25 rings (SSSR count). The summed E-state index contributed by atoms with van der Waals surface area (Å²) < 4.78 is 0. The van der Waals surface area contributed by atoms with Crippen LogP contribution in [0.4, 0.5) is 0 Å². The van der Waals surface area contributed by atoms with Gasteiger partial charge in [-0.2, -0.15) is 0 Å². The van der Waals surface area contributed by atoms with Crippen LogP contribution in [-0.4, -0.2) is 19.9 Å². The number of rotatable bonds is 8. The molecule has 0 atom stereocenters. The minimum atomic E-state index is 0.932. The van der Waals surface area contributed by atoms with Crippen LogP contribution in [0.1, 0.15) is 0 Å². The molecule has 4 nitrogen and oxygen atoms in total. The quantitative estimate of drug-likeness (QED) is 0.142. The van der Waals surface area contributed by atoms with Crippen LogP contribution in [0, 0.1) is 0 Å². The SMILES string of the molecule is c1ccc2c(c1)cc(-c1cc3c(-c4cc5ccccc5c5ccccc45)cc(-c4ccc(-c5nc6ccccc6c6ccccc56)cc4)nc3c3ccccc13)c1ccccc12.c1ccc2nc(-c3ccc(-c4cc(-c5cc6ccccc6c6ccccc56)c5cc(-c6cc7ccccc7c7ccccc67)c6ccccc6c5n4)cc3)ccc2c1. The Morgan fingerprint density at radius 2 is 0.383 bits per heavy atom. The number of hydrogen-bond donors (Lipinski definition) is 0. The molecule has 0 radical (unpaired) electrons. The van der Waals surface area contributed by atoms with E-state index in [1.807, 2.05) is 6.07 Å². The third-order valence-corrected chi connectivity index (χ3v) is 25.0. The van der Waals surface area contributed by atoms with Gasteiger partial charge in [0.2, 0.25) is 0 Å². The van der Waals surface area contributed by atoms with E-state index in [2.05, 4.69) is 419 Å². The highest BCUT2D eigenvalue weighted by Gasteiger charge is 2.24. The summed E-state index contributed by atoms with van der Waals surface area (Å²) in [4.78, 5) is 21.4. The lowest BCUT2D eigenvalue weighted by Gasteiger charge is -2.19. The Labute approximate surface area is 691 Å². The number of nitrogens with zero attached hydrogens (tertiary/aromatic N) is 4. The largest absolute Gasteiger partial charge is 0.248 e. The molecular weight excluding hydrogens is 1450 g/mol. The third kappa shape index (κ3) is 11.3. The number of aromatic nitrogens is 4. The molecule has 554 valence electrons. The second-order valence-corrected chi connectivity index (χ2v) is 31.7. The van der Waals surface area contributed by atoms with Crippen LogP contribution in [0.3, 0.4) is 0 Å². The van der Waals surface area contributed by atoms with E-state index >= 15 is 0 Å². The van der Waals surface area contributed by atoms with E-state index in [4.69, 9.17) is 19.9 Å². The highest BCUT2D eigenvalue weighted by molar-refractivity contribution is 6.26. The second-order valence-electron chi connectivity index (χ2n) is 31.7. The molecule has 0 aliphatic rings. The van der Waals surface area contributed by atoms with Crippen LogP contribution in [0.5, 0.6) is 0 Å². The van der Waals surface area contributed by atoms with Crippen molar-refractivity contribution >= 4 is 162 Å². The van der Waals surface area contributed by atoms with Gasteiger partial charge < -0.3 is 0 Å². The van der Waals surface area contributed by atoms with Crippen molar-refractivity contribution in [1.82, 2.24) is 19.9 Å². The lowest BCUT2D eigenvalue weighted by Crippen LogP contribution is -1.95. The number of para-hydroxylation sites is 2. The summed E-state index contributed by atoms with van der Waals surface area (Å²) in [5, 5.41) is 31.5. The summed E-state index contributed by atoms with van der Waals surface area (Å²) in [5.74, 6) is 0. The molecule has 21 aromatic carbocycles. The van der Waals surface area contributed by atoms with E-state index in [0.29, 0.717) is 0 Å². The average Bonchev–Trinajstić information content (AvgIpc) is 0.724. The normalized spacial score (nSPS) is 11.8. The topological polar surface area (TPSA) is 51.6 Å². The van der Waals surface area contributed by atoms with Crippen LogP contribution in [0.25, 0.3) is 252 Å². The molecule has 0 amide bonds. The first-order valence-electron chi connectivity index (χ1n) is 41.2. The molecule has 0 N–H and O–H groups in total. The lowest BCUT2D eigenvalue weighted by atomic mass is 9.86. The van der Waals surface area contributed by atoms with Gasteiger partial charge in [-0.1, -0.05) is 358 Å². The van der Waals surface area contributed by atoms with Gasteiger partial charge in [-0.15, -0.1) is 0 Å². The van der Waals surface area contributed by atoms with Gasteiger partial charge in [-0.25, -0.2) is 19.9 Å². The standard InChI is InChI=1S/C60H36N2.C56H34N2/c1-3-17-41-39(15-1)33-52(45-21-7-5-19-43(41)45)54-35-56-55(53-34-40-16-2-4-18-42(40)44-20-6-8-22-46(44)53)36-58(62-60(56)51-27-12-10-24-48(51)54)37-29-31-38(32-30-37)59-50-26-11-9-23-47(50)49-25-13-14-28-57(49)61-59;1-4-16-40-38(14-1)31-48(44-20-8-6-18-42(40)44)50-33-52-51(49-32-39-15-2-5-17-41(39)43-19-7-9-21-45(43)49)34-55(58-56(52)47-23-11-10-22-46(47)50)37-27-25-36(26-28-37)54-30-29-35-13-3-12-24-53(35)57-54/h1-36H;1-34H. The van der Waals surface area contributed by atoms with Crippen LogP contribution < -0.4 is 0 Å². The molecule has 0 bridgehead atoms. The molecule has 4 heteroatoms. The van der Waals surface area contributed by atoms with Gasteiger partial charge in [0.1, 0.15) is 0 Å². The molecule has 25 aromatic rings. The maximum absolute atomic E-state index is 5.63. The molecule has 0 saturated heterocycles. The van der Waals surface area contributed by atoms with E-state index < -0.39 is 0 Å². The van der Waals surface area contributed by atoms with Crippen LogP contribution >= 0.6 is 0 Å². The number of pyridine rings is 4. The number of fused-ring (bicyclic) bond motifs is 22. The molecular formula is C116H70N4. The van der Waals surface area contributed by atoms with E-state index in [0.717, 1.165) is 105 Å². The fourth-order valence-electron chi connectivity index (χ4n) is 19.4. The van der Waals surface area contributed by atoms with Crippen molar-refractivity contribution < 1.29 is 0 Å². The predicted octanol–water partition coefficient (Wildman–Crippen LogP) is 31.6. The lowest BCUT2D eigenvalue weighted by molar-refractivity contribution is 1.38. The Balaban J connectivity index is 0.000000137. The summed E-state index contributed by atoms with van der Waals surface area (Å²) in [5.41, 5.74) is 21.6. The fourth-order valence-corrected chi connectivity index (χ4v) is 19.4. The van der Waals surface area contributed by atoms with Gasteiger partial charge in [-0.05, 0) is 214 Å². The van der Waals surface area contributed by atoms with E-state index in [1.54, 1.807) is 0 Å². The number of hydrogen-bond acceptors (Lipinski definition) is 4. The van der Waals surface area contributed by atoms with E-state index in [1.165, 1.54) is 147 Å². The smallest absolute Gasteiger partial charge is 0.0794 e. The van der Waals surface area contributed by atoms with Crippen molar-refractivity contribution in [3.05, 3.63) is 425 Å². The monoisotopic (exact) mass is 1520 g/mol. The summed E-state index contributed by atoms with van der Waals surface area (Å²) in [7, 11) is 0. The Morgan fingerprint density at radius 3 is 0.767 bits per heavy atom. The van der Waals surface area contributed by atoms with Gasteiger partial charge in [0, 0.05) is 60.0 Å². The van der Waals surface area contributed by atoms with E-state index in [-0.39, 0.29) is 0 Å². The number of benzene rings is 21. The first-order valence-corrected chi connectivity index (χ1v) is 41.2. The van der Waals surface area contributed by atoms with Crippen molar-refractivity contribution in [2.45, 2.75) is 0 Å². The summed E-state index contributed by atoms with van der Waals surface area (Å²) >= 11 is 0. The van der Waals surface area contributed by atoms with Crippen molar-refractivity contribution in [2.75, 3.05) is 0 Å². The van der Waals surface area contributed by atoms with E-state index in [9.17, 15) is 0 Å². The Bertz CT molecular complexity index is 8600. The predicted molar refractivity (Wildman–Crippen MR) is 510 cm³/mol. The highest BCUT2D eigenvalue weighted by atomic mass is 14.7. The Hall–Kier alpha value is -15.9. The zero-order valence-electron chi connectivity index (χ0n) is 65.2. The molecule has 4 aromatic heterocycles. The molecule has 0 fully saturated rings. The van der Waals surface area contributed by atoms with Crippen molar-refractivity contribution in [3.63, 3.8) is 0 Å². The maximum Gasteiger partial charge on any atom is 0.0794 e. The molecule has 0 spiro atoms. The second kappa shape index (κ2) is 28.0. The first kappa shape index (κ1) is 68.5. The Morgan fingerprint density at radius 1 is 0.125 bits per heavy atom. The highest BCUT2D eigenvalue weighted by Crippen LogP contribution is 2.50.